The van der Waals surface area contributed by atoms with E-state index in [1.165, 1.54) is 71.1 Å². The van der Waals surface area contributed by atoms with Crippen LogP contribution < -0.4 is 5.73 Å². The van der Waals surface area contributed by atoms with Crippen LogP contribution in [0.2, 0.25) is 0 Å². The van der Waals surface area contributed by atoms with Crippen LogP contribution in [-0.4, -0.2) is 34.2 Å². The smallest absolute Gasteiger partial charge is 0.159 e. The van der Waals surface area contributed by atoms with Gasteiger partial charge in [-0.15, -0.1) is 0 Å². The number of rotatable bonds is 16. The fourth-order valence-corrected chi connectivity index (χ4v) is 2.75. The van der Waals surface area contributed by atoms with Crippen LogP contribution in [0.15, 0.2) is 12.2 Å². The number of allylic oxidation sites excluding steroid dienone is 1. The summed E-state index contributed by atoms with van der Waals surface area (Å²) in [6.45, 7) is 3.52. The Hall–Kier alpha value is -0.710. The van der Waals surface area contributed by atoms with E-state index in [0.29, 0.717) is 0 Å². The molecule has 0 amide bonds. The lowest BCUT2D eigenvalue weighted by Crippen LogP contribution is -2.47. The Bertz CT molecular complexity index is 331. The zero-order valence-electron chi connectivity index (χ0n) is 15.8. The van der Waals surface area contributed by atoms with Gasteiger partial charge in [0.25, 0.3) is 0 Å². The van der Waals surface area contributed by atoms with Gasteiger partial charge in [-0.25, -0.2) is 0 Å². The maximum atomic E-state index is 11.0. The SMILES string of the molecule is CCCCCCCCCCCCCC=C[C@@H](O)[C@@H](N)C(O)C(C)=O. The Balaban J connectivity index is 3.48. The number of ketones is 1. The summed E-state index contributed by atoms with van der Waals surface area (Å²) in [7, 11) is 0. The highest BCUT2D eigenvalue weighted by molar-refractivity contribution is 5.81. The number of carbonyl (C=O) groups is 1. The summed E-state index contributed by atoms with van der Waals surface area (Å²) in [5, 5.41) is 19.3. The van der Waals surface area contributed by atoms with Gasteiger partial charge in [0.05, 0.1) is 12.1 Å². The molecule has 0 spiro atoms. The lowest BCUT2D eigenvalue weighted by atomic mass is 10.0. The van der Waals surface area contributed by atoms with Crippen LogP contribution in [0.3, 0.4) is 0 Å². The van der Waals surface area contributed by atoms with Gasteiger partial charge in [-0.1, -0.05) is 83.3 Å². The van der Waals surface area contributed by atoms with Gasteiger partial charge in [-0.3, -0.25) is 4.79 Å². The standard InChI is InChI=1S/C20H39NO3/c1-3-4-5-6-7-8-9-10-11-12-13-14-15-16-18(23)19(21)20(24)17(2)22/h15-16,18-20,23-24H,3-14,21H2,1-2H3/t18-,19-,20?/m1/s1. The van der Waals surface area contributed by atoms with Crippen molar-refractivity contribution in [2.45, 2.75) is 109 Å². The van der Waals surface area contributed by atoms with Gasteiger partial charge in [-0.05, 0) is 19.8 Å². The average Bonchev–Trinajstić information content (AvgIpc) is 2.57. The first-order chi connectivity index (χ1) is 11.5. The van der Waals surface area contributed by atoms with E-state index in [4.69, 9.17) is 5.73 Å². The van der Waals surface area contributed by atoms with E-state index in [-0.39, 0.29) is 0 Å². The van der Waals surface area contributed by atoms with Gasteiger partial charge in [0.2, 0.25) is 0 Å². The Labute approximate surface area is 148 Å². The zero-order chi connectivity index (χ0) is 18.2. The van der Waals surface area contributed by atoms with E-state index in [9.17, 15) is 15.0 Å². The molecule has 0 bridgehead atoms. The number of hydrogen-bond acceptors (Lipinski definition) is 4. The van der Waals surface area contributed by atoms with Gasteiger partial charge in [0, 0.05) is 0 Å². The first-order valence-corrected chi connectivity index (χ1v) is 9.79. The summed E-state index contributed by atoms with van der Waals surface area (Å²) >= 11 is 0. The van der Waals surface area contributed by atoms with Gasteiger partial charge < -0.3 is 15.9 Å². The molecule has 24 heavy (non-hydrogen) atoms. The molecule has 4 heteroatoms. The van der Waals surface area contributed by atoms with E-state index in [2.05, 4.69) is 6.92 Å². The molecule has 0 fully saturated rings. The van der Waals surface area contributed by atoms with Crippen LogP contribution in [-0.2, 0) is 4.79 Å². The summed E-state index contributed by atoms with van der Waals surface area (Å²) in [5.41, 5.74) is 5.64. The molecular formula is C20H39NO3. The predicted octanol–water partition coefficient (Wildman–Crippen LogP) is 3.88. The molecule has 4 N–H and O–H groups in total. The molecule has 0 saturated heterocycles. The molecule has 3 atom stereocenters. The minimum atomic E-state index is -1.30. The molecule has 0 aromatic carbocycles. The third-order valence-electron chi connectivity index (χ3n) is 4.48. The zero-order valence-corrected chi connectivity index (χ0v) is 15.8. The van der Waals surface area contributed by atoms with Crippen molar-refractivity contribution in [3.05, 3.63) is 12.2 Å². The Morgan fingerprint density at radius 1 is 0.917 bits per heavy atom. The number of aliphatic hydroxyl groups excluding tert-OH is 2. The van der Waals surface area contributed by atoms with Crippen LogP contribution in [0, 0.1) is 0 Å². The monoisotopic (exact) mass is 341 g/mol. The van der Waals surface area contributed by atoms with E-state index >= 15 is 0 Å². The molecule has 4 nitrogen and oxygen atoms in total. The molecule has 0 aliphatic heterocycles. The molecule has 0 aliphatic rings. The first-order valence-electron chi connectivity index (χ1n) is 9.79. The van der Waals surface area contributed by atoms with Crippen LogP contribution in [0.25, 0.3) is 0 Å². The van der Waals surface area contributed by atoms with Crippen LogP contribution >= 0.6 is 0 Å². The van der Waals surface area contributed by atoms with Crippen LogP contribution in [0.4, 0.5) is 0 Å². The lowest BCUT2D eigenvalue weighted by Gasteiger charge is -2.19. The Morgan fingerprint density at radius 3 is 1.83 bits per heavy atom. The topological polar surface area (TPSA) is 83.6 Å². The summed E-state index contributed by atoms with van der Waals surface area (Å²) in [6.07, 6.45) is 16.6. The quantitative estimate of drug-likeness (QED) is 0.294. The predicted molar refractivity (Wildman–Crippen MR) is 101 cm³/mol. The molecular weight excluding hydrogens is 302 g/mol. The minimum Gasteiger partial charge on any atom is -0.387 e. The van der Waals surface area contributed by atoms with Crippen molar-refractivity contribution in [3.63, 3.8) is 0 Å². The molecule has 0 aromatic rings. The number of unbranched alkanes of at least 4 members (excludes halogenated alkanes) is 11. The fourth-order valence-electron chi connectivity index (χ4n) is 2.75. The van der Waals surface area contributed by atoms with E-state index in [0.717, 1.165) is 12.8 Å². The van der Waals surface area contributed by atoms with E-state index < -0.39 is 24.0 Å². The minimum absolute atomic E-state index is 0.416. The molecule has 1 unspecified atom stereocenters. The molecule has 0 aromatic heterocycles. The highest BCUT2D eigenvalue weighted by Gasteiger charge is 2.24. The molecule has 0 aliphatic carbocycles. The number of carbonyl (C=O) groups excluding carboxylic acids is 1. The van der Waals surface area contributed by atoms with Crippen molar-refractivity contribution in [2.75, 3.05) is 0 Å². The van der Waals surface area contributed by atoms with Crippen LogP contribution in [0.1, 0.15) is 90.9 Å². The van der Waals surface area contributed by atoms with Gasteiger partial charge in [-0.2, -0.15) is 0 Å². The van der Waals surface area contributed by atoms with E-state index in [1.807, 2.05) is 6.08 Å². The van der Waals surface area contributed by atoms with E-state index in [1.54, 1.807) is 6.08 Å². The number of hydrogen-bond donors (Lipinski definition) is 3. The van der Waals surface area contributed by atoms with Crippen LogP contribution in [0.5, 0.6) is 0 Å². The third kappa shape index (κ3) is 12.7. The molecule has 0 saturated carbocycles. The molecule has 0 radical (unpaired) electrons. The molecule has 142 valence electrons. The highest BCUT2D eigenvalue weighted by Crippen LogP contribution is 2.12. The second kappa shape index (κ2) is 15.8. The number of Topliss-reactive ketones (excluding diaryl/α,β-unsaturated/α-hetero) is 1. The first kappa shape index (κ1) is 23.3. The fraction of sp³-hybridized carbons (Fsp3) is 0.850. The third-order valence-corrected chi connectivity index (χ3v) is 4.48. The Kier molecular flexibility index (Phi) is 15.3. The molecule has 0 heterocycles. The number of nitrogens with two attached hydrogens (primary N) is 1. The van der Waals surface area contributed by atoms with Crippen molar-refractivity contribution in [3.8, 4) is 0 Å². The normalized spacial score (nSPS) is 15.5. The van der Waals surface area contributed by atoms with Gasteiger partial charge in [0.1, 0.15) is 6.10 Å². The van der Waals surface area contributed by atoms with Gasteiger partial charge in [0.15, 0.2) is 5.78 Å². The van der Waals surface area contributed by atoms with Gasteiger partial charge >= 0.3 is 0 Å². The second-order valence-electron chi connectivity index (χ2n) is 6.88. The summed E-state index contributed by atoms with van der Waals surface area (Å²) < 4.78 is 0. The molecule has 0 rings (SSSR count). The average molecular weight is 342 g/mol. The summed E-state index contributed by atoms with van der Waals surface area (Å²) in [4.78, 5) is 11.0. The highest BCUT2D eigenvalue weighted by atomic mass is 16.3. The number of aliphatic hydroxyl groups is 2. The second-order valence-corrected chi connectivity index (χ2v) is 6.88. The van der Waals surface area contributed by atoms with Crippen molar-refractivity contribution >= 4 is 5.78 Å². The largest absolute Gasteiger partial charge is 0.387 e. The Morgan fingerprint density at radius 2 is 1.38 bits per heavy atom. The van der Waals surface area contributed by atoms with Crippen molar-refractivity contribution in [2.24, 2.45) is 5.73 Å². The van der Waals surface area contributed by atoms with Crippen molar-refractivity contribution in [1.82, 2.24) is 0 Å². The van der Waals surface area contributed by atoms with Crippen molar-refractivity contribution < 1.29 is 15.0 Å². The lowest BCUT2D eigenvalue weighted by molar-refractivity contribution is -0.127. The maximum Gasteiger partial charge on any atom is 0.159 e. The summed E-state index contributed by atoms with van der Waals surface area (Å²) in [6, 6.07) is -0.948. The maximum absolute atomic E-state index is 11.0. The van der Waals surface area contributed by atoms with Crippen molar-refractivity contribution in [1.29, 1.82) is 0 Å². The summed E-state index contributed by atoms with van der Waals surface area (Å²) in [5.74, 6) is -0.416.